The number of aromatic nitrogens is 10. The van der Waals surface area contributed by atoms with Crippen LogP contribution in [0.5, 0.6) is 17.6 Å². The van der Waals surface area contributed by atoms with Crippen LogP contribution in [0.1, 0.15) is 91.6 Å². The number of carbonyl (C=O) groups is 3. The second-order valence-corrected chi connectivity index (χ2v) is 25.3. The molecule has 2 unspecified atom stereocenters. The van der Waals surface area contributed by atoms with E-state index in [-0.39, 0.29) is 75.6 Å². The van der Waals surface area contributed by atoms with E-state index < -0.39 is 117 Å². The van der Waals surface area contributed by atoms with Crippen molar-refractivity contribution in [3.63, 3.8) is 0 Å². The number of hydrogen-bond donors (Lipinski definition) is 2. The summed E-state index contributed by atoms with van der Waals surface area (Å²) in [4.78, 5) is 58.7. The summed E-state index contributed by atoms with van der Waals surface area (Å²) in [5.41, 5.74) is -3.89. The lowest BCUT2D eigenvalue weighted by Crippen LogP contribution is -2.25. The first kappa shape index (κ1) is 77.0. The molecule has 0 radical (unpaired) electrons. The summed E-state index contributed by atoms with van der Waals surface area (Å²) in [6, 6.07) is 13.5. The Hall–Kier alpha value is -9.06. The number of pyridine rings is 1. The lowest BCUT2D eigenvalue weighted by atomic mass is 10.0. The van der Waals surface area contributed by atoms with E-state index in [0.717, 1.165) is 78.3 Å². The summed E-state index contributed by atoms with van der Waals surface area (Å²) >= 11 is 18.0. The lowest BCUT2D eigenvalue weighted by molar-refractivity contribution is -0.151. The van der Waals surface area contributed by atoms with Crippen LogP contribution >= 0.6 is 34.8 Å². The highest BCUT2D eigenvalue weighted by Crippen LogP contribution is 2.35. The molecule has 0 spiro atoms. The molecule has 0 saturated heterocycles. The highest BCUT2D eigenvalue weighted by atomic mass is 35.5. The van der Waals surface area contributed by atoms with Gasteiger partial charge in [-0.3, -0.25) is 19.3 Å². The van der Waals surface area contributed by atoms with Crippen LogP contribution in [0.2, 0.25) is 10.0 Å². The number of para-hydroxylation sites is 1. The number of alkyl halides is 6. The van der Waals surface area contributed by atoms with E-state index >= 15 is 0 Å². The summed E-state index contributed by atoms with van der Waals surface area (Å²) in [6.07, 6.45) is 2.43. The van der Waals surface area contributed by atoms with Gasteiger partial charge < -0.3 is 24.1 Å². The van der Waals surface area contributed by atoms with E-state index in [1.807, 2.05) is 19.1 Å². The number of nitrogens with zero attached hydrogens (tertiary/aromatic N) is 10. The van der Waals surface area contributed by atoms with Crippen LogP contribution < -0.4 is 19.9 Å². The number of ketones is 1. The molecule has 0 aliphatic rings. The number of sulfonamides is 1. The van der Waals surface area contributed by atoms with Crippen molar-refractivity contribution in [3.8, 4) is 23.3 Å². The minimum absolute atomic E-state index is 0.0424. The minimum atomic E-state index is -4.76. The van der Waals surface area contributed by atoms with E-state index in [1.165, 1.54) is 28.0 Å². The van der Waals surface area contributed by atoms with Crippen LogP contribution in [0.3, 0.4) is 0 Å². The Kier molecular flexibility index (Phi) is 26.0. The van der Waals surface area contributed by atoms with Crippen molar-refractivity contribution in [2.45, 2.75) is 101 Å². The van der Waals surface area contributed by atoms with E-state index in [2.05, 4.69) is 37.2 Å². The maximum absolute atomic E-state index is 14.2. The van der Waals surface area contributed by atoms with Gasteiger partial charge in [0.2, 0.25) is 11.7 Å². The van der Waals surface area contributed by atoms with Crippen molar-refractivity contribution in [3.05, 3.63) is 163 Å². The molecule has 0 fully saturated rings. The zero-order valence-corrected chi connectivity index (χ0v) is 55.8. The second-order valence-electron chi connectivity index (χ2n) is 20.4. The highest BCUT2D eigenvalue weighted by molar-refractivity contribution is 7.92. The van der Waals surface area contributed by atoms with Crippen LogP contribution in [-0.4, -0.2) is 126 Å². The van der Waals surface area contributed by atoms with Crippen LogP contribution in [0.25, 0.3) is 22.2 Å². The van der Waals surface area contributed by atoms with E-state index in [0.29, 0.717) is 43.9 Å². The number of sulfone groups is 1. The maximum atomic E-state index is 14.2. The first-order chi connectivity index (χ1) is 45.4. The summed E-state index contributed by atoms with van der Waals surface area (Å²) < 4.78 is 192. The lowest BCUT2D eigenvalue weighted by Gasteiger charge is -2.14. The Morgan fingerprint density at radius 2 is 1.53 bits per heavy atom. The van der Waals surface area contributed by atoms with E-state index in [9.17, 15) is 80.6 Å². The Labute approximate surface area is 560 Å². The first-order valence-corrected chi connectivity index (χ1v) is 32.7. The average molecular weight is 1470 g/mol. The van der Waals surface area contributed by atoms with Crippen LogP contribution in [-0.2, 0) is 58.6 Å². The molecule has 0 aliphatic heterocycles. The molecule has 4 aromatic carbocycles. The van der Waals surface area contributed by atoms with Crippen LogP contribution in [0, 0.1) is 37.1 Å². The predicted octanol–water partition coefficient (Wildman–Crippen LogP) is 11.5. The number of halogens is 12. The summed E-state index contributed by atoms with van der Waals surface area (Å²) in [6.45, 7) is 5.14. The van der Waals surface area contributed by atoms with Crippen molar-refractivity contribution < 1.29 is 94.8 Å². The fourth-order valence-electron chi connectivity index (χ4n) is 8.70. The molecule has 38 heteroatoms. The highest BCUT2D eigenvalue weighted by Gasteiger charge is 2.35. The molecule has 0 aliphatic carbocycles. The third-order valence-electron chi connectivity index (χ3n) is 13.3. The molecule has 0 saturated carbocycles. The zero-order chi connectivity index (χ0) is 72.2. The average Bonchev–Trinajstić information content (AvgIpc) is 1.71. The number of anilines is 1. The van der Waals surface area contributed by atoms with Gasteiger partial charge in [0, 0.05) is 41.9 Å². The molecule has 9 aromatic rings. The number of ether oxygens (including phenoxy) is 4. The molecule has 97 heavy (non-hydrogen) atoms. The molecule has 2 atom stereocenters. The number of rotatable bonds is 21. The first-order valence-electron chi connectivity index (χ1n) is 28.2. The maximum Gasteiger partial charge on any atom is 0.416 e. The van der Waals surface area contributed by atoms with Gasteiger partial charge in [0.25, 0.3) is 15.2 Å². The van der Waals surface area contributed by atoms with Crippen molar-refractivity contribution in [1.82, 2.24) is 48.7 Å². The molecule has 0 amide bonds. The van der Waals surface area contributed by atoms with Crippen LogP contribution in [0.15, 0.2) is 100 Å². The number of aryl methyl sites for hydroxylation is 3. The zero-order valence-electron chi connectivity index (χ0n) is 51.9. The van der Waals surface area contributed by atoms with Gasteiger partial charge in [-0.15, -0.1) is 21.8 Å². The second kappa shape index (κ2) is 32.8. The van der Waals surface area contributed by atoms with Crippen molar-refractivity contribution in [2.75, 3.05) is 31.3 Å². The molecule has 0 bridgehead atoms. The number of fused-ring (bicyclic) bond motifs is 2. The molecule has 5 aromatic heterocycles. The normalized spacial score (nSPS) is 12.2. The number of carbonyl (C=O) groups excluding carboxylic acids is 3. The van der Waals surface area contributed by atoms with Gasteiger partial charge in [-0.2, -0.15) is 49.6 Å². The molecular weight excluding hydrogens is 1410 g/mol. The Morgan fingerprint density at radius 3 is 2.11 bits per heavy atom. The Morgan fingerprint density at radius 1 is 0.845 bits per heavy atom. The quantitative estimate of drug-likeness (QED) is 0.0222. The predicted molar refractivity (Wildman–Crippen MR) is 333 cm³/mol. The number of esters is 2. The third-order valence-corrected chi connectivity index (χ3v) is 16.6. The number of nitrogens with one attached hydrogen (secondary N) is 1. The Balaban J connectivity index is 0.000000204. The van der Waals surface area contributed by atoms with E-state index in [1.54, 1.807) is 30.0 Å². The van der Waals surface area contributed by atoms with Gasteiger partial charge in [0.1, 0.15) is 51.0 Å². The van der Waals surface area contributed by atoms with Gasteiger partial charge in [0.15, 0.2) is 33.7 Å². The molecule has 522 valence electrons. The summed E-state index contributed by atoms with van der Waals surface area (Å²) in [5, 5.41) is 20.3. The van der Waals surface area contributed by atoms with Gasteiger partial charge in [-0.1, -0.05) is 49.0 Å². The van der Waals surface area contributed by atoms with E-state index in [4.69, 9.17) is 53.8 Å². The number of hydrogen-bond acceptors (Lipinski definition) is 19. The summed E-state index contributed by atoms with van der Waals surface area (Å²) in [7, 11) is -6.13. The molecule has 2 N–H and O–H groups in total. The standard InChI is InChI=1S/C18H22ClNO3.C15H14Cl2F3N3O3.C14H13F3N2O4S.C12H8F3N5O3S/c1-3-4-5-7-13(2)23-17(21)12-22-16-10-9-15(19)14-8-6-11-20-18(14)16;1-3-26-13(24)10(17)4-8-5-12(11(18)6-9(8)16)23-15(25)22(14(19)20)7(2)21-23;1-7-11(13(21)19(2)18-7)12(20)9-5-4-8(14(15,16)17)6-10(9)24(3,22)23;1-23-12-16-5-8(15)10-17-11(18-20(10)12)24(21,22)19-9-6(13)3-2-4-7(9)14/h6,8-11,13H,3-5,7,12H2,1-2H3;5-6,10,14H,3-4H2,1-2H3;4-6,21H,1-3H3;2-5,19H,1H3. The largest absolute Gasteiger partial charge is 0.493 e. The topological polar surface area (TPSA) is 302 Å². The van der Waals surface area contributed by atoms with Crippen molar-refractivity contribution >= 4 is 94.6 Å². The van der Waals surface area contributed by atoms with Gasteiger partial charge in [0.05, 0.1) is 47.2 Å². The number of methoxy groups -OCH3 is 1. The smallest absolute Gasteiger partial charge is 0.416 e. The number of aromatic hydroxyl groups is 1. The molecular formula is C59H57Cl3F9N11O13S2. The van der Waals surface area contributed by atoms with Crippen molar-refractivity contribution in [1.29, 1.82) is 0 Å². The minimum Gasteiger partial charge on any atom is -0.493 e. The van der Waals surface area contributed by atoms with Gasteiger partial charge in [-0.05, 0) is 113 Å². The number of benzene rings is 4. The number of unbranched alkanes of at least 4 members (excludes halogenated alkanes) is 2. The van der Waals surface area contributed by atoms with Gasteiger partial charge in [-0.25, -0.2) is 49.8 Å². The fourth-order valence-corrected chi connectivity index (χ4v) is 11.2. The SMILES string of the molecule is CCCCCC(C)OC(=O)COc1ccc(Cl)c2cccnc12.CCOC(=O)C(Cl)Cc1cc(-n2nc(C)n(C(F)F)c2=O)c(F)cc1Cl.COc1ncc(F)c2nc(S(=O)(=O)Nc3c(F)cccc3F)nn12.Cc1nn(C)c(O)c1C(=O)c1ccc(C(F)(F)F)cc1S(C)(=O)=O. The third kappa shape index (κ3) is 19.2. The fraction of sp³-hybridized carbons (Fsp3) is 0.322. The Bertz CT molecular complexity index is 4660. The molecule has 24 nitrogen and oxygen atoms in total. The van der Waals surface area contributed by atoms with Gasteiger partial charge >= 0.3 is 36.4 Å². The van der Waals surface area contributed by atoms with Crippen LogP contribution in [0.4, 0.5) is 45.2 Å². The van der Waals surface area contributed by atoms with Crippen molar-refractivity contribution in [2.24, 2.45) is 7.05 Å². The summed E-state index contributed by atoms with van der Waals surface area (Å²) in [5.74, 6) is -6.41. The molecule has 9 rings (SSSR count). The molecule has 5 heterocycles. The monoisotopic (exact) mass is 1470 g/mol.